The summed E-state index contributed by atoms with van der Waals surface area (Å²) in [6, 6.07) is 9.45. The number of rotatable bonds is 1. The Labute approximate surface area is 96.7 Å². The van der Waals surface area contributed by atoms with E-state index in [0.29, 0.717) is 6.61 Å². The molecule has 1 unspecified atom stereocenters. The summed E-state index contributed by atoms with van der Waals surface area (Å²) < 4.78 is 18.4. The van der Waals surface area contributed by atoms with Crippen molar-refractivity contribution in [1.29, 1.82) is 0 Å². The molecule has 1 aromatic rings. The summed E-state index contributed by atoms with van der Waals surface area (Å²) in [7, 11) is -2.75. The highest BCUT2D eigenvalue weighted by molar-refractivity contribution is 7.67. The van der Waals surface area contributed by atoms with Crippen LogP contribution in [0.3, 0.4) is 0 Å². The predicted molar refractivity (Wildman–Crippen MR) is 66.3 cm³/mol. The zero-order chi connectivity index (χ0) is 11.8. The van der Waals surface area contributed by atoms with Gasteiger partial charge in [-0.05, 0) is 32.9 Å². The molecule has 3 nitrogen and oxygen atoms in total. The summed E-state index contributed by atoms with van der Waals surface area (Å²) in [5.74, 6) is -0.140. The van der Waals surface area contributed by atoms with Crippen LogP contribution < -0.4 is 10.6 Å². The minimum atomic E-state index is -2.75. The maximum absolute atomic E-state index is 12.8. The zero-order valence-electron chi connectivity index (χ0n) is 9.93. The van der Waals surface area contributed by atoms with E-state index in [4.69, 9.17) is 4.52 Å². The van der Waals surface area contributed by atoms with Gasteiger partial charge >= 0.3 is 0 Å². The van der Waals surface area contributed by atoms with Gasteiger partial charge in [0.05, 0.1) is 12.4 Å². The summed E-state index contributed by atoms with van der Waals surface area (Å²) in [5, 5.41) is 4.15. The van der Waals surface area contributed by atoms with Crippen LogP contribution in [0.1, 0.15) is 20.8 Å². The highest BCUT2D eigenvalue weighted by Gasteiger charge is 2.41. The molecule has 0 aliphatic carbocycles. The third-order valence-corrected chi connectivity index (χ3v) is 5.52. The fourth-order valence-corrected chi connectivity index (χ4v) is 4.44. The van der Waals surface area contributed by atoms with Crippen LogP contribution in [-0.4, -0.2) is 17.9 Å². The van der Waals surface area contributed by atoms with Crippen molar-refractivity contribution in [1.82, 2.24) is 5.32 Å². The second-order valence-electron chi connectivity index (χ2n) is 4.91. The van der Waals surface area contributed by atoms with E-state index in [-0.39, 0.29) is 11.3 Å². The molecule has 2 rings (SSSR count). The molecule has 1 heterocycles. The fourth-order valence-electron chi connectivity index (χ4n) is 2.00. The molecule has 1 aromatic carbocycles. The largest absolute Gasteiger partial charge is 0.322 e. The van der Waals surface area contributed by atoms with Crippen molar-refractivity contribution in [2.24, 2.45) is 0 Å². The molecule has 0 saturated carbocycles. The summed E-state index contributed by atoms with van der Waals surface area (Å²) >= 11 is 0. The highest BCUT2D eigenvalue weighted by Crippen LogP contribution is 2.52. The van der Waals surface area contributed by atoms with E-state index in [0.717, 1.165) is 5.30 Å². The minimum Gasteiger partial charge on any atom is -0.322 e. The van der Waals surface area contributed by atoms with Gasteiger partial charge in [0.2, 0.25) is 7.37 Å². The molecule has 2 atom stereocenters. The maximum Gasteiger partial charge on any atom is 0.248 e. The Kier molecular flexibility index (Phi) is 2.95. The van der Waals surface area contributed by atoms with Crippen molar-refractivity contribution in [3.8, 4) is 0 Å². The average molecular weight is 239 g/mol. The van der Waals surface area contributed by atoms with Crippen LogP contribution in [0.5, 0.6) is 0 Å². The Morgan fingerprint density at radius 3 is 2.56 bits per heavy atom. The van der Waals surface area contributed by atoms with Crippen LogP contribution in [-0.2, 0) is 9.09 Å². The first kappa shape index (κ1) is 11.8. The van der Waals surface area contributed by atoms with Gasteiger partial charge < -0.3 is 4.52 Å². The SMILES string of the molecule is C[C@H]1NC(C)(C)COP1(=O)c1ccccc1. The molecule has 0 spiro atoms. The maximum atomic E-state index is 12.8. The Hall–Kier alpha value is -0.630. The molecule has 1 fully saturated rings. The van der Waals surface area contributed by atoms with Gasteiger partial charge in [-0.3, -0.25) is 9.88 Å². The fraction of sp³-hybridized carbons (Fsp3) is 0.500. The Morgan fingerprint density at radius 2 is 2.00 bits per heavy atom. The van der Waals surface area contributed by atoms with Crippen LogP contribution in [0.25, 0.3) is 0 Å². The average Bonchev–Trinajstić information content (AvgIpc) is 2.25. The first-order valence-corrected chi connectivity index (χ1v) is 7.21. The molecular formula is C12H18NO2P. The van der Waals surface area contributed by atoms with E-state index < -0.39 is 7.37 Å². The quantitative estimate of drug-likeness (QED) is 0.764. The van der Waals surface area contributed by atoms with Crippen molar-refractivity contribution < 1.29 is 9.09 Å². The predicted octanol–water partition coefficient (Wildman–Crippen LogP) is 2.33. The number of nitrogens with one attached hydrogen (secondary N) is 1. The molecule has 16 heavy (non-hydrogen) atoms. The molecule has 0 amide bonds. The van der Waals surface area contributed by atoms with Gasteiger partial charge in [0.15, 0.2) is 0 Å². The molecular weight excluding hydrogens is 221 g/mol. The van der Waals surface area contributed by atoms with Crippen LogP contribution in [0.2, 0.25) is 0 Å². The Bertz CT molecular complexity index is 416. The summed E-state index contributed by atoms with van der Waals surface area (Å²) in [5.41, 5.74) is -0.109. The van der Waals surface area contributed by atoms with Crippen LogP contribution in [0.4, 0.5) is 0 Å². The van der Waals surface area contributed by atoms with E-state index in [1.165, 1.54) is 0 Å². The zero-order valence-corrected chi connectivity index (χ0v) is 10.8. The smallest absolute Gasteiger partial charge is 0.248 e. The molecule has 1 saturated heterocycles. The third-order valence-electron chi connectivity index (χ3n) is 2.84. The number of benzene rings is 1. The molecule has 0 radical (unpaired) electrons. The summed E-state index contributed by atoms with van der Waals surface area (Å²) in [4.78, 5) is 0. The Balaban J connectivity index is 2.31. The lowest BCUT2D eigenvalue weighted by atomic mass is 10.1. The molecule has 88 valence electrons. The highest BCUT2D eigenvalue weighted by atomic mass is 31.2. The van der Waals surface area contributed by atoms with Gasteiger partial charge in [-0.2, -0.15) is 0 Å². The van der Waals surface area contributed by atoms with E-state index >= 15 is 0 Å². The second kappa shape index (κ2) is 3.99. The van der Waals surface area contributed by atoms with Crippen molar-refractivity contribution in [3.05, 3.63) is 30.3 Å². The van der Waals surface area contributed by atoms with Gasteiger partial charge in [-0.15, -0.1) is 0 Å². The summed E-state index contributed by atoms with van der Waals surface area (Å²) in [6.45, 7) is 6.51. The lowest BCUT2D eigenvalue weighted by Crippen LogP contribution is -2.53. The van der Waals surface area contributed by atoms with Crippen molar-refractivity contribution >= 4 is 12.7 Å². The normalized spacial score (nSPS) is 33.6. The van der Waals surface area contributed by atoms with Crippen molar-refractivity contribution in [2.45, 2.75) is 32.1 Å². The summed E-state index contributed by atoms with van der Waals surface area (Å²) in [6.07, 6.45) is 0. The van der Waals surface area contributed by atoms with Gasteiger partial charge in [0.1, 0.15) is 0 Å². The minimum absolute atomic E-state index is 0.109. The van der Waals surface area contributed by atoms with Gasteiger partial charge in [-0.25, -0.2) is 0 Å². The second-order valence-corrected chi connectivity index (χ2v) is 7.65. The molecule has 1 N–H and O–H groups in total. The number of hydrogen-bond donors (Lipinski definition) is 1. The first-order valence-electron chi connectivity index (χ1n) is 5.52. The lowest BCUT2D eigenvalue weighted by molar-refractivity contribution is 0.174. The van der Waals surface area contributed by atoms with Crippen molar-refractivity contribution in [2.75, 3.05) is 6.61 Å². The van der Waals surface area contributed by atoms with Gasteiger partial charge in [-0.1, -0.05) is 18.2 Å². The molecule has 4 heteroatoms. The topological polar surface area (TPSA) is 38.3 Å². The van der Waals surface area contributed by atoms with Crippen LogP contribution in [0.15, 0.2) is 30.3 Å². The van der Waals surface area contributed by atoms with Crippen LogP contribution >= 0.6 is 7.37 Å². The molecule has 1 aliphatic heterocycles. The first-order chi connectivity index (χ1) is 7.44. The van der Waals surface area contributed by atoms with E-state index in [2.05, 4.69) is 19.2 Å². The van der Waals surface area contributed by atoms with E-state index in [1.807, 2.05) is 37.3 Å². The van der Waals surface area contributed by atoms with E-state index in [1.54, 1.807) is 0 Å². The lowest BCUT2D eigenvalue weighted by Gasteiger charge is -2.40. The third kappa shape index (κ3) is 2.08. The Morgan fingerprint density at radius 1 is 1.38 bits per heavy atom. The monoisotopic (exact) mass is 239 g/mol. The van der Waals surface area contributed by atoms with Crippen LogP contribution in [0, 0.1) is 0 Å². The standard InChI is InChI=1S/C12H18NO2P/c1-10-13-12(2,3)9-15-16(10,14)11-7-5-4-6-8-11/h4-8,10,13H,9H2,1-3H3/t10-,16?/m0/s1. The number of hydrogen-bond acceptors (Lipinski definition) is 3. The van der Waals surface area contributed by atoms with Gasteiger partial charge in [0, 0.05) is 10.8 Å². The molecule has 0 aromatic heterocycles. The molecule has 0 bridgehead atoms. The van der Waals surface area contributed by atoms with E-state index in [9.17, 15) is 4.57 Å². The molecule has 1 aliphatic rings. The van der Waals surface area contributed by atoms with Gasteiger partial charge in [0.25, 0.3) is 0 Å². The van der Waals surface area contributed by atoms with Crippen molar-refractivity contribution in [3.63, 3.8) is 0 Å².